The summed E-state index contributed by atoms with van der Waals surface area (Å²) in [5.41, 5.74) is 1.51. The molecule has 32 heavy (non-hydrogen) atoms. The van der Waals surface area contributed by atoms with E-state index in [1.807, 2.05) is 0 Å². The summed E-state index contributed by atoms with van der Waals surface area (Å²) in [4.78, 5) is 25.1. The van der Waals surface area contributed by atoms with Gasteiger partial charge in [0.25, 0.3) is 0 Å². The van der Waals surface area contributed by atoms with Crippen LogP contribution in [0.3, 0.4) is 0 Å². The van der Waals surface area contributed by atoms with Crippen molar-refractivity contribution in [2.75, 3.05) is 21.3 Å². The van der Waals surface area contributed by atoms with E-state index in [1.165, 1.54) is 33.7 Å². The summed E-state index contributed by atoms with van der Waals surface area (Å²) >= 11 is 0. The highest BCUT2D eigenvalue weighted by Crippen LogP contribution is 2.42. The minimum absolute atomic E-state index is 0.0740. The maximum Gasteiger partial charge on any atom is 0.379 e. The molecule has 1 aromatic heterocycles. The molecule has 0 N–H and O–H groups in total. The van der Waals surface area contributed by atoms with Gasteiger partial charge in [0, 0.05) is 5.56 Å². The van der Waals surface area contributed by atoms with Gasteiger partial charge >= 0.3 is 5.97 Å². The molecule has 0 atom stereocenters. The van der Waals surface area contributed by atoms with Crippen LogP contribution in [0.2, 0.25) is 0 Å². The van der Waals surface area contributed by atoms with Crippen LogP contribution in [-0.2, 0) is 0 Å². The summed E-state index contributed by atoms with van der Waals surface area (Å²) in [5.74, 6) is 1.20. The first-order valence-corrected chi connectivity index (χ1v) is 9.60. The van der Waals surface area contributed by atoms with Crippen LogP contribution >= 0.6 is 0 Å². The molecule has 4 rings (SSSR count). The summed E-state index contributed by atoms with van der Waals surface area (Å²) in [6.45, 7) is 1.71. The Labute approximate surface area is 183 Å². The fourth-order valence-corrected chi connectivity index (χ4v) is 3.36. The molecule has 0 spiro atoms. The summed E-state index contributed by atoms with van der Waals surface area (Å²) in [7, 11) is 4.53. The molecule has 2 heterocycles. The van der Waals surface area contributed by atoms with Crippen LogP contribution in [-0.4, -0.2) is 33.1 Å². The van der Waals surface area contributed by atoms with Gasteiger partial charge in [-0.15, -0.1) is 0 Å². The lowest BCUT2D eigenvalue weighted by molar-refractivity contribution is 0.0699. The number of hydrogen-bond acceptors (Lipinski definition) is 8. The molecule has 8 heteroatoms. The first-order chi connectivity index (χ1) is 15.5. The van der Waals surface area contributed by atoms with Gasteiger partial charge in [0.05, 0.1) is 33.2 Å². The number of furan rings is 1. The molecule has 1 aliphatic heterocycles. The molecule has 3 aromatic rings. The Balaban J connectivity index is 1.65. The van der Waals surface area contributed by atoms with E-state index in [0.717, 1.165) is 0 Å². The molecule has 0 bridgehead atoms. The Hall–Kier alpha value is -4.20. The molecule has 0 saturated heterocycles. The summed E-state index contributed by atoms with van der Waals surface area (Å²) < 4.78 is 32.4. The number of carbonyl (C=O) groups excluding carboxylic acids is 2. The van der Waals surface area contributed by atoms with Crippen molar-refractivity contribution in [3.63, 3.8) is 0 Å². The fraction of sp³-hybridized carbons (Fsp3) is 0.167. The number of benzene rings is 2. The third kappa shape index (κ3) is 3.66. The molecule has 0 fully saturated rings. The van der Waals surface area contributed by atoms with Gasteiger partial charge in [-0.3, -0.25) is 4.79 Å². The predicted molar refractivity (Wildman–Crippen MR) is 114 cm³/mol. The van der Waals surface area contributed by atoms with E-state index in [-0.39, 0.29) is 23.1 Å². The third-order valence-electron chi connectivity index (χ3n) is 4.95. The molecular formula is C24H20O8. The lowest BCUT2D eigenvalue weighted by atomic mass is 10.1. The van der Waals surface area contributed by atoms with Gasteiger partial charge in [0.1, 0.15) is 11.5 Å². The zero-order valence-electron chi connectivity index (χ0n) is 17.9. The van der Waals surface area contributed by atoms with Gasteiger partial charge < -0.3 is 28.1 Å². The lowest BCUT2D eigenvalue weighted by Gasteiger charge is -2.13. The standard InChI is InChI=1S/C24H20O8/c1-13-16(32-24(26)17-6-5-9-30-17)8-7-15-21(25)18(31-22(13)15)10-14-11-19(27-2)23(29-4)20(12-14)28-3/h5-12H,1-4H3. The van der Waals surface area contributed by atoms with Crippen molar-refractivity contribution in [1.29, 1.82) is 0 Å². The molecule has 1 aliphatic rings. The van der Waals surface area contributed by atoms with Crippen LogP contribution in [0.1, 0.15) is 32.0 Å². The first-order valence-electron chi connectivity index (χ1n) is 9.60. The third-order valence-corrected chi connectivity index (χ3v) is 4.95. The van der Waals surface area contributed by atoms with E-state index in [4.69, 9.17) is 28.1 Å². The van der Waals surface area contributed by atoms with Crippen LogP contribution in [0, 0.1) is 6.92 Å². The Morgan fingerprint density at radius 1 is 0.969 bits per heavy atom. The maximum atomic E-state index is 12.9. The van der Waals surface area contributed by atoms with Gasteiger partial charge in [-0.25, -0.2) is 4.79 Å². The predicted octanol–water partition coefficient (Wildman–Crippen LogP) is 4.45. The molecule has 0 radical (unpaired) electrons. The van der Waals surface area contributed by atoms with Crippen molar-refractivity contribution < 1.29 is 37.7 Å². The molecule has 0 aliphatic carbocycles. The first kappa shape index (κ1) is 21.0. The fourth-order valence-electron chi connectivity index (χ4n) is 3.36. The largest absolute Gasteiger partial charge is 0.493 e. The average molecular weight is 436 g/mol. The van der Waals surface area contributed by atoms with Crippen molar-refractivity contribution in [3.8, 4) is 28.7 Å². The van der Waals surface area contributed by atoms with Crippen LogP contribution in [0.4, 0.5) is 0 Å². The van der Waals surface area contributed by atoms with Crippen LogP contribution in [0.25, 0.3) is 6.08 Å². The second-order valence-electron chi connectivity index (χ2n) is 6.83. The monoisotopic (exact) mass is 436 g/mol. The second-order valence-corrected chi connectivity index (χ2v) is 6.83. The van der Waals surface area contributed by atoms with Crippen LogP contribution in [0.15, 0.2) is 52.8 Å². The van der Waals surface area contributed by atoms with Gasteiger partial charge in [0.2, 0.25) is 17.3 Å². The topological polar surface area (TPSA) is 93.4 Å². The highest BCUT2D eigenvalue weighted by atomic mass is 16.6. The number of ketones is 1. The second kappa shape index (κ2) is 8.50. The van der Waals surface area contributed by atoms with Crippen LogP contribution < -0.4 is 23.7 Å². The SMILES string of the molecule is COc1cc(C=C2Oc3c(ccc(OC(=O)c4ccco4)c3C)C2=O)cc(OC)c1OC. The van der Waals surface area contributed by atoms with E-state index >= 15 is 0 Å². The number of hydrogen-bond donors (Lipinski definition) is 0. The van der Waals surface area contributed by atoms with Crippen molar-refractivity contribution in [1.82, 2.24) is 0 Å². The normalized spacial score (nSPS) is 13.5. The van der Waals surface area contributed by atoms with E-state index in [1.54, 1.807) is 43.3 Å². The van der Waals surface area contributed by atoms with E-state index in [2.05, 4.69) is 0 Å². The Morgan fingerprint density at radius 2 is 1.69 bits per heavy atom. The van der Waals surface area contributed by atoms with Crippen LogP contribution in [0.5, 0.6) is 28.7 Å². The zero-order chi connectivity index (χ0) is 22.8. The quantitative estimate of drug-likeness (QED) is 0.318. The number of methoxy groups -OCH3 is 3. The van der Waals surface area contributed by atoms with E-state index < -0.39 is 5.97 Å². The number of Topliss-reactive ketones (excluding diaryl/α,β-unsaturated/α-hetero) is 1. The molecule has 164 valence electrons. The number of ether oxygens (including phenoxy) is 5. The minimum atomic E-state index is -0.643. The molecular weight excluding hydrogens is 416 g/mol. The summed E-state index contributed by atoms with van der Waals surface area (Å²) in [6.07, 6.45) is 2.97. The van der Waals surface area contributed by atoms with E-state index in [9.17, 15) is 9.59 Å². The van der Waals surface area contributed by atoms with Gasteiger partial charge in [-0.1, -0.05) is 0 Å². The minimum Gasteiger partial charge on any atom is -0.493 e. The van der Waals surface area contributed by atoms with E-state index in [0.29, 0.717) is 39.7 Å². The molecule has 8 nitrogen and oxygen atoms in total. The smallest absolute Gasteiger partial charge is 0.379 e. The van der Waals surface area contributed by atoms with Gasteiger partial charge in [-0.2, -0.15) is 0 Å². The number of rotatable bonds is 6. The number of carbonyl (C=O) groups is 2. The van der Waals surface area contributed by atoms with Crippen molar-refractivity contribution in [2.45, 2.75) is 6.92 Å². The van der Waals surface area contributed by atoms with Gasteiger partial charge in [-0.05, 0) is 55.0 Å². The summed E-state index contributed by atoms with van der Waals surface area (Å²) in [5, 5.41) is 0. The Morgan fingerprint density at radius 3 is 2.28 bits per heavy atom. The van der Waals surface area contributed by atoms with Crippen molar-refractivity contribution in [3.05, 3.63) is 70.9 Å². The number of fused-ring (bicyclic) bond motifs is 1. The van der Waals surface area contributed by atoms with Crippen molar-refractivity contribution in [2.24, 2.45) is 0 Å². The maximum absolute atomic E-state index is 12.9. The average Bonchev–Trinajstić information content (AvgIpc) is 3.44. The van der Waals surface area contributed by atoms with Crippen molar-refractivity contribution >= 4 is 17.8 Å². The molecule has 0 amide bonds. The Kier molecular flexibility index (Phi) is 5.59. The highest BCUT2D eigenvalue weighted by Gasteiger charge is 2.31. The lowest BCUT2D eigenvalue weighted by Crippen LogP contribution is -2.08. The Bertz CT molecular complexity index is 1200. The highest BCUT2D eigenvalue weighted by molar-refractivity contribution is 6.15. The molecule has 0 unspecified atom stereocenters. The van der Waals surface area contributed by atoms with Gasteiger partial charge in [0.15, 0.2) is 17.3 Å². The molecule has 2 aromatic carbocycles. The number of esters is 1. The molecule has 0 saturated carbocycles. The summed E-state index contributed by atoms with van der Waals surface area (Å²) in [6, 6.07) is 9.62. The number of allylic oxidation sites excluding steroid dienone is 1. The zero-order valence-corrected chi connectivity index (χ0v) is 17.9.